The predicted octanol–water partition coefficient (Wildman–Crippen LogP) is 4.91. The number of nitrogens with zero attached hydrogens (tertiary/aromatic N) is 2. The summed E-state index contributed by atoms with van der Waals surface area (Å²) in [5.74, 6) is -0.110. The molecule has 2 aromatic carbocycles. The minimum Gasteiger partial charge on any atom is -0.403 e. The molecule has 0 aliphatic heterocycles. The molecule has 1 amide bonds. The molecule has 0 radical (unpaired) electrons. The number of carbonyl (C=O) groups excluding carboxylic acids is 1. The number of anilines is 1. The van der Waals surface area contributed by atoms with E-state index in [0.717, 1.165) is 11.1 Å². The summed E-state index contributed by atoms with van der Waals surface area (Å²) >= 11 is 12.0. The van der Waals surface area contributed by atoms with Crippen molar-refractivity contribution >= 4 is 35.1 Å². The molecular formula is C17H13Cl2N3O2. The van der Waals surface area contributed by atoms with Gasteiger partial charge in [-0.15, -0.1) is 5.10 Å². The van der Waals surface area contributed by atoms with Crippen LogP contribution in [0.1, 0.15) is 21.5 Å². The van der Waals surface area contributed by atoms with Crippen LogP contribution in [-0.2, 0) is 0 Å². The van der Waals surface area contributed by atoms with Gasteiger partial charge in [0.1, 0.15) is 0 Å². The van der Waals surface area contributed by atoms with Crippen molar-refractivity contribution in [3.05, 3.63) is 63.1 Å². The van der Waals surface area contributed by atoms with E-state index in [1.165, 1.54) is 0 Å². The quantitative estimate of drug-likeness (QED) is 0.719. The molecule has 0 spiro atoms. The molecule has 5 nitrogen and oxygen atoms in total. The normalized spacial score (nSPS) is 10.7. The first-order valence-electron chi connectivity index (χ1n) is 7.11. The van der Waals surface area contributed by atoms with Crippen molar-refractivity contribution in [2.24, 2.45) is 0 Å². The van der Waals surface area contributed by atoms with Crippen LogP contribution in [0.3, 0.4) is 0 Å². The van der Waals surface area contributed by atoms with Crippen molar-refractivity contribution in [1.29, 1.82) is 0 Å². The van der Waals surface area contributed by atoms with E-state index < -0.39 is 0 Å². The fraction of sp³-hybridized carbons (Fsp3) is 0.118. The molecule has 1 aromatic heterocycles. The maximum absolute atomic E-state index is 12.4. The summed E-state index contributed by atoms with van der Waals surface area (Å²) in [5.41, 5.74) is 2.95. The first-order chi connectivity index (χ1) is 11.4. The Labute approximate surface area is 148 Å². The van der Waals surface area contributed by atoms with Gasteiger partial charge in [0, 0.05) is 10.6 Å². The molecule has 0 aliphatic rings. The number of halogens is 2. The summed E-state index contributed by atoms with van der Waals surface area (Å²) in [4.78, 5) is 12.4. The number of carbonyl (C=O) groups is 1. The lowest BCUT2D eigenvalue weighted by molar-refractivity contribution is 0.102. The summed E-state index contributed by atoms with van der Waals surface area (Å²) in [6.07, 6.45) is 0. The van der Waals surface area contributed by atoms with Crippen molar-refractivity contribution in [1.82, 2.24) is 10.2 Å². The number of aromatic nitrogens is 2. The molecule has 0 aliphatic carbocycles. The zero-order valence-corrected chi connectivity index (χ0v) is 14.4. The molecule has 0 saturated carbocycles. The Hall–Kier alpha value is -2.37. The molecule has 7 heteroatoms. The Bertz CT molecular complexity index is 922. The lowest BCUT2D eigenvalue weighted by Crippen LogP contribution is -2.13. The van der Waals surface area contributed by atoms with E-state index in [1.807, 2.05) is 26.0 Å². The highest BCUT2D eigenvalue weighted by molar-refractivity contribution is 6.36. The molecule has 3 aromatic rings. The minimum atomic E-state index is -0.311. The van der Waals surface area contributed by atoms with Crippen LogP contribution < -0.4 is 5.32 Å². The van der Waals surface area contributed by atoms with Gasteiger partial charge in [-0.3, -0.25) is 10.1 Å². The largest absolute Gasteiger partial charge is 0.403 e. The van der Waals surface area contributed by atoms with Crippen LogP contribution in [0.5, 0.6) is 0 Å². The maximum Gasteiger partial charge on any atom is 0.322 e. The average Bonchev–Trinajstić information content (AvgIpc) is 2.97. The summed E-state index contributed by atoms with van der Waals surface area (Å²) in [7, 11) is 0. The lowest BCUT2D eigenvalue weighted by Gasteiger charge is -2.05. The Morgan fingerprint density at radius 2 is 1.88 bits per heavy atom. The first kappa shape index (κ1) is 16.5. The van der Waals surface area contributed by atoms with Crippen LogP contribution in [0, 0.1) is 13.8 Å². The van der Waals surface area contributed by atoms with Gasteiger partial charge in [0.2, 0.25) is 0 Å². The fourth-order valence-corrected chi connectivity index (χ4v) is 2.68. The summed E-state index contributed by atoms with van der Waals surface area (Å²) in [5, 5.41) is 11.2. The van der Waals surface area contributed by atoms with Crippen molar-refractivity contribution in [2.75, 3.05) is 5.32 Å². The zero-order chi connectivity index (χ0) is 17.3. The van der Waals surface area contributed by atoms with Gasteiger partial charge in [-0.25, -0.2) is 0 Å². The molecular weight excluding hydrogens is 349 g/mol. The summed E-state index contributed by atoms with van der Waals surface area (Å²) in [6.45, 7) is 3.78. The van der Waals surface area contributed by atoms with Crippen LogP contribution in [-0.4, -0.2) is 16.1 Å². The average molecular weight is 362 g/mol. The summed E-state index contributed by atoms with van der Waals surface area (Å²) in [6, 6.07) is 10.6. The number of aryl methyl sites for hydroxylation is 2. The van der Waals surface area contributed by atoms with Crippen molar-refractivity contribution in [3.8, 4) is 11.5 Å². The number of benzene rings is 2. The highest BCUT2D eigenvalue weighted by Gasteiger charge is 2.16. The van der Waals surface area contributed by atoms with Gasteiger partial charge in [-0.1, -0.05) is 46.0 Å². The molecule has 3 rings (SSSR count). The third-order valence-electron chi connectivity index (χ3n) is 3.44. The van der Waals surface area contributed by atoms with Crippen LogP contribution in [0.25, 0.3) is 11.5 Å². The molecule has 1 heterocycles. The third kappa shape index (κ3) is 3.42. The van der Waals surface area contributed by atoms with Crippen LogP contribution in [0.2, 0.25) is 10.0 Å². The Morgan fingerprint density at radius 1 is 1.08 bits per heavy atom. The number of amides is 1. The maximum atomic E-state index is 12.4. The van der Waals surface area contributed by atoms with Gasteiger partial charge in [0.25, 0.3) is 11.8 Å². The monoisotopic (exact) mass is 361 g/mol. The smallest absolute Gasteiger partial charge is 0.322 e. The van der Waals surface area contributed by atoms with Crippen molar-refractivity contribution in [2.45, 2.75) is 13.8 Å². The minimum absolute atomic E-state index is 0.00178. The fourth-order valence-electron chi connectivity index (χ4n) is 2.19. The van der Waals surface area contributed by atoms with Crippen molar-refractivity contribution < 1.29 is 9.21 Å². The molecule has 0 bridgehead atoms. The molecule has 122 valence electrons. The second-order valence-corrected chi connectivity index (χ2v) is 6.15. The van der Waals surface area contributed by atoms with E-state index in [4.69, 9.17) is 27.6 Å². The molecule has 0 saturated heterocycles. The molecule has 0 atom stereocenters. The zero-order valence-electron chi connectivity index (χ0n) is 12.9. The van der Waals surface area contributed by atoms with Crippen molar-refractivity contribution in [3.63, 3.8) is 0 Å². The van der Waals surface area contributed by atoms with Crippen LogP contribution >= 0.6 is 23.2 Å². The number of hydrogen-bond acceptors (Lipinski definition) is 4. The van der Waals surface area contributed by atoms with E-state index in [-0.39, 0.29) is 17.8 Å². The van der Waals surface area contributed by atoms with Crippen LogP contribution in [0.4, 0.5) is 6.01 Å². The Morgan fingerprint density at radius 3 is 2.62 bits per heavy atom. The molecule has 1 N–H and O–H groups in total. The molecule has 0 fully saturated rings. The molecule has 24 heavy (non-hydrogen) atoms. The highest BCUT2D eigenvalue weighted by Crippen LogP contribution is 2.30. The van der Waals surface area contributed by atoms with E-state index in [1.54, 1.807) is 24.3 Å². The van der Waals surface area contributed by atoms with E-state index >= 15 is 0 Å². The van der Waals surface area contributed by atoms with Gasteiger partial charge in [-0.05, 0) is 43.7 Å². The standard InChI is InChI=1S/C17H13Cl2N3O2/c1-9-3-4-10(2)13(7-9)15(23)20-17-22-21-16(24-17)12-6-5-11(18)8-14(12)19/h3-8H,1-2H3,(H,20,22,23). The predicted molar refractivity (Wildman–Crippen MR) is 93.6 cm³/mol. The van der Waals surface area contributed by atoms with Gasteiger partial charge < -0.3 is 4.42 Å². The topological polar surface area (TPSA) is 68.0 Å². The van der Waals surface area contributed by atoms with E-state index in [0.29, 0.717) is 21.2 Å². The SMILES string of the molecule is Cc1ccc(C)c(C(=O)Nc2nnc(-c3ccc(Cl)cc3Cl)o2)c1. The summed E-state index contributed by atoms with van der Waals surface area (Å²) < 4.78 is 5.47. The molecule has 0 unspecified atom stereocenters. The van der Waals surface area contributed by atoms with Gasteiger partial charge in [0.15, 0.2) is 0 Å². The second kappa shape index (κ2) is 6.63. The Kier molecular flexibility index (Phi) is 4.55. The number of hydrogen-bond donors (Lipinski definition) is 1. The first-order valence-corrected chi connectivity index (χ1v) is 7.87. The number of rotatable bonds is 3. The van der Waals surface area contributed by atoms with E-state index in [9.17, 15) is 4.79 Å². The third-order valence-corrected chi connectivity index (χ3v) is 3.99. The number of nitrogens with one attached hydrogen (secondary N) is 1. The highest BCUT2D eigenvalue weighted by atomic mass is 35.5. The van der Waals surface area contributed by atoms with E-state index in [2.05, 4.69) is 15.5 Å². The van der Waals surface area contributed by atoms with Gasteiger partial charge in [-0.2, -0.15) is 0 Å². The van der Waals surface area contributed by atoms with Gasteiger partial charge >= 0.3 is 6.01 Å². The van der Waals surface area contributed by atoms with Gasteiger partial charge in [0.05, 0.1) is 10.6 Å². The van der Waals surface area contributed by atoms with Crippen LogP contribution in [0.15, 0.2) is 40.8 Å². The second-order valence-electron chi connectivity index (χ2n) is 5.31. The lowest BCUT2D eigenvalue weighted by atomic mass is 10.1. The Balaban J connectivity index is 1.83.